The topological polar surface area (TPSA) is 64.6 Å². The molecular formula is C20H17Cl2NO4. The van der Waals surface area contributed by atoms with Crippen LogP contribution in [-0.2, 0) is 11.2 Å². The summed E-state index contributed by atoms with van der Waals surface area (Å²) in [5.41, 5.74) is 1.08. The number of nitrogens with one attached hydrogen (secondary N) is 1. The van der Waals surface area contributed by atoms with Gasteiger partial charge in [-0.15, -0.1) is 6.42 Å². The molecule has 0 spiro atoms. The second kappa shape index (κ2) is 9.86. The third kappa shape index (κ3) is 5.65. The van der Waals surface area contributed by atoms with Gasteiger partial charge in [0.1, 0.15) is 6.61 Å². The molecule has 0 heterocycles. The van der Waals surface area contributed by atoms with Gasteiger partial charge in [-0.2, -0.15) is 0 Å². The minimum Gasteiger partial charge on any atom is -0.493 e. The zero-order valence-corrected chi connectivity index (χ0v) is 16.1. The molecule has 0 aliphatic rings. The first-order valence-corrected chi connectivity index (χ1v) is 8.72. The number of carbonyl (C=O) groups is 2. The van der Waals surface area contributed by atoms with E-state index in [-0.39, 0.29) is 23.7 Å². The Morgan fingerprint density at radius 3 is 2.56 bits per heavy atom. The van der Waals surface area contributed by atoms with E-state index >= 15 is 0 Å². The molecule has 1 amide bonds. The van der Waals surface area contributed by atoms with Gasteiger partial charge in [-0.1, -0.05) is 35.2 Å². The van der Waals surface area contributed by atoms with Crippen LogP contribution in [0.4, 0.5) is 0 Å². The van der Waals surface area contributed by atoms with E-state index in [2.05, 4.69) is 11.2 Å². The average Bonchev–Trinajstić information content (AvgIpc) is 2.68. The van der Waals surface area contributed by atoms with Gasteiger partial charge < -0.3 is 14.8 Å². The lowest BCUT2D eigenvalue weighted by Gasteiger charge is -2.11. The van der Waals surface area contributed by atoms with Gasteiger partial charge in [-0.25, -0.2) is 0 Å². The van der Waals surface area contributed by atoms with Crippen molar-refractivity contribution >= 4 is 34.9 Å². The van der Waals surface area contributed by atoms with Gasteiger partial charge in [-0.05, 0) is 42.3 Å². The second-order valence-corrected chi connectivity index (χ2v) is 6.26. The van der Waals surface area contributed by atoms with E-state index in [1.807, 2.05) is 6.07 Å². The molecule has 2 rings (SSSR count). The van der Waals surface area contributed by atoms with Crippen LogP contribution in [0.1, 0.15) is 15.9 Å². The maximum absolute atomic E-state index is 12.1. The van der Waals surface area contributed by atoms with Crippen LogP contribution in [0, 0.1) is 12.3 Å². The summed E-state index contributed by atoms with van der Waals surface area (Å²) >= 11 is 11.7. The van der Waals surface area contributed by atoms with E-state index in [1.165, 1.54) is 25.3 Å². The fourth-order valence-electron chi connectivity index (χ4n) is 2.28. The summed E-state index contributed by atoms with van der Waals surface area (Å²) in [7, 11) is 1.53. The number of rotatable bonds is 8. The smallest absolute Gasteiger partial charge is 0.292 e. The molecule has 0 radical (unpaired) electrons. The normalized spacial score (nSPS) is 10.0. The van der Waals surface area contributed by atoms with Gasteiger partial charge in [0.2, 0.25) is 5.78 Å². The summed E-state index contributed by atoms with van der Waals surface area (Å²) in [6.07, 6.45) is 5.68. The molecule has 0 saturated carbocycles. The lowest BCUT2D eigenvalue weighted by Crippen LogP contribution is -2.32. The Kier molecular flexibility index (Phi) is 7.54. The third-order valence-corrected chi connectivity index (χ3v) is 4.37. The average molecular weight is 406 g/mol. The zero-order valence-electron chi connectivity index (χ0n) is 14.6. The van der Waals surface area contributed by atoms with Crippen molar-refractivity contribution in [3.63, 3.8) is 0 Å². The molecule has 0 atom stereocenters. The summed E-state index contributed by atoms with van der Waals surface area (Å²) in [6.45, 7) is 0.419. The minimum absolute atomic E-state index is 0.141. The molecule has 5 nitrogen and oxygen atoms in total. The number of methoxy groups -OCH3 is 1. The zero-order chi connectivity index (χ0) is 19.8. The van der Waals surface area contributed by atoms with E-state index in [0.29, 0.717) is 22.9 Å². The van der Waals surface area contributed by atoms with Crippen molar-refractivity contribution in [1.82, 2.24) is 5.32 Å². The van der Waals surface area contributed by atoms with Gasteiger partial charge in [0, 0.05) is 12.1 Å². The van der Waals surface area contributed by atoms with E-state index in [9.17, 15) is 9.59 Å². The van der Waals surface area contributed by atoms with Crippen LogP contribution in [0.3, 0.4) is 0 Å². The van der Waals surface area contributed by atoms with E-state index in [0.717, 1.165) is 5.56 Å². The van der Waals surface area contributed by atoms with Gasteiger partial charge in [0.05, 0.1) is 17.2 Å². The standard InChI is InChI=1S/C20H17Cl2NO4/c1-3-10-27-17-7-4-13(11-18(17)26-2)8-9-23-20(25)19(24)14-5-6-15(21)16(22)12-14/h1,4-7,11-12H,8-10H2,2H3,(H,23,25). The number of ketones is 1. The molecule has 0 saturated heterocycles. The van der Waals surface area contributed by atoms with Crippen molar-refractivity contribution < 1.29 is 19.1 Å². The largest absolute Gasteiger partial charge is 0.493 e. The molecule has 7 heteroatoms. The number of terminal acetylenes is 1. The minimum atomic E-state index is -0.714. The van der Waals surface area contributed by atoms with Crippen molar-refractivity contribution in [2.45, 2.75) is 6.42 Å². The SMILES string of the molecule is C#CCOc1ccc(CCNC(=O)C(=O)c2ccc(Cl)c(Cl)c2)cc1OC. The lowest BCUT2D eigenvalue weighted by molar-refractivity contribution is -0.116. The van der Waals surface area contributed by atoms with Crippen LogP contribution < -0.4 is 14.8 Å². The van der Waals surface area contributed by atoms with Crippen LogP contribution in [0.15, 0.2) is 36.4 Å². The Hall–Kier alpha value is -2.68. The van der Waals surface area contributed by atoms with E-state index in [4.69, 9.17) is 39.1 Å². The monoisotopic (exact) mass is 405 g/mol. The maximum Gasteiger partial charge on any atom is 0.292 e. The molecule has 1 N–H and O–H groups in total. The summed E-state index contributed by atoms with van der Waals surface area (Å²) < 4.78 is 10.6. The predicted molar refractivity (Wildman–Crippen MR) is 105 cm³/mol. The number of ether oxygens (including phenoxy) is 2. The Balaban J connectivity index is 1.93. The quantitative estimate of drug-likeness (QED) is 0.414. The first-order chi connectivity index (χ1) is 13.0. The van der Waals surface area contributed by atoms with Crippen molar-refractivity contribution in [2.75, 3.05) is 20.3 Å². The van der Waals surface area contributed by atoms with E-state index in [1.54, 1.807) is 12.1 Å². The molecule has 0 aliphatic carbocycles. The van der Waals surface area contributed by atoms with Crippen molar-refractivity contribution in [2.24, 2.45) is 0 Å². The van der Waals surface area contributed by atoms with Crippen LogP contribution in [0.5, 0.6) is 11.5 Å². The van der Waals surface area contributed by atoms with Crippen LogP contribution >= 0.6 is 23.2 Å². The first kappa shape index (κ1) is 20.6. The Bertz CT molecular complexity index is 890. The highest BCUT2D eigenvalue weighted by molar-refractivity contribution is 6.45. The van der Waals surface area contributed by atoms with Crippen molar-refractivity contribution in [1.29, 1.82) is 0 Å². The molecule has 0 fully saturated rings. The van der Waals surface area contributed by atoms with Crippen LogP contribution in [-0.4, -0.2) is 32.0 Å². The highest BCUT2D eigenvalue weighted by atomic mass is 35.5. The van der Waals surface area contributed by atoms with Gasteiger partial charge in [0.25, 0.3) is 5.91 Å². The Labute approximate surface area is 167 Å². The Morgan fingerprint density at radius 1 is 1.11 bits per heavy atom. The maximum atomic E-state index is 12.1. The van der Waals surface area contributed by atoms with Crippen LogP contribution in [0.2, 0.25) is 10.0 Å². The molecule has 2 aromatic carbocycles. The summed E-state index contributed by atoms with van der Waals surface area (Å²) in [5.74, 6) is 2.08. The Morgan fingerprint density at radius 2 is 1.89 bits per heavy atom. The third-order valence-electron chi connectivity index (χ3n) is 3.63. The van der Waals surface area contributed by atoms with E-state index < -0.39 is 11.7 Å². The molecular weight excluding hydrogens is 389 g/mol. The highest BCUT2D eigenvalue weighted by Crippen LogP contribution is 2.28. The number of hydrogen-bond donors (Lipinski definition) is 1. The van der Waals surface area contributed by atoms with Crippen molar-refractivity contribution in [3.05, 3.63) is 57.6 Å². The fraction of sp³-hybridized carbons (Fsp3) is 0.200. The van der Waals surface area contributed by atoms with Crippen molar-refractivity contribution in [3.8, 4) is 23.8 Å². The van der Waals surface area contributed by atoms with Gasteiger partial charge >= 0.3 is 0 Å². The molecule has 0 aliphatic heterocycles. The predicted octanol–water partition coefficient (Wildman–Crippen LogP) is 3.56. The van der Waals surface area contributed by atoms with Gasteiger partial charge in [0.15, 0.2) is 11.5 Å². The lowest BCUT2D eigenvalue weighted by atomic mass is 10.1. The molecule has 0 unspecified atom stereocenters. The first-order valence-electron chi connectivity index (χ1n) is 7.97. The number of benzene rings is 2. The number of hydrogen-bond acceptors (Lipinski definition) is 4. The molecule has 140 valence electrons. The molecule has 2 aromatic rings. The highest BCUT2D eigenvalue weighted by Gasteiger charge is 2.17. The molecule has 0 aromatic heterocycles. The number of carbonyl (C=O) groups excluding carboxylic acids is 2. The molecule has 27 heavy (non-hydrogen) atoms. The molecule has 0 bridgehead atoms. The second-order valence-electron chi connectivity index (χ2n) is 5.44. The number of Topliss-reactive ketones (excluding diaryl/α,β-unsaturated/α-hetero) is 1. The summed E-state index contributed by atoms with van der Waals surface area (Å²) in [5, 5.41) is 3.12. The summed E-state index contributed by atoms with van der Waals surface area (Å²) in [6, 6.07) is 9.66. The number of halogens is 2. The number of amides is 1. The fourth-order valence-corrected chi connectivity index (χ4v) is 2.57. The van der Waals surface area contributed by atoms with Crippen LogP contribution in [0.25, 0.3) is 0 Å². The summed E-state index contributed by atoms with van der Waals surface area (Å²) in [4.78, 5) is 24.2. The van der Waals surface area contributed by atoms with Gasteiger partial charge in [-0.3, -0.25) is 9.59 Å².